The topological polar surface area (TPSA) is 6.48 Å². The van der Waals surface area contributed by atoms with E-state index in [9.17, 15) is 4.39 Å². The molecule has 2 aromatic carbocycles. The lowest BCUT2D eigenvalue weighted by molar-refractivity contribution is -0.00688. The zero-order valence-electron chi connectivity index (χ0n) is 15.6. The van der Waals surface area contributed by atoms with Gasteiger partial charge in [0, 0.05) is 31.1 Å². The third-order valence-corrected chi connectivity index (χ3v) is 6.10. The van der Waals surface area contributed by atoms with Crippen LogP contribution in [0.1, 0.15) is 34.2 Å². The Bertz CT molecular complexity index is 788. The Morgan fingerprint density at radius 2 is 1.48 bits per heavy atom. The minimum atomic E-state index is -0.173. The molecule has 2 nitrogen and oxygen atoms in total. The quantitative estimate of drug-likeness (QED) is 0.568. The molecule has 0 saturated carbocycles. The van der Waals surface area contributed by atoms with Crippen molar-refractivity contribution in [2.45, 2.75) is 32.6 Å². The van der Waals surface area contributed by atoms with Crippen molar-refractivity contribution >= 4 is 11.3 Å². The molecule has 1 aliphatic heterocycles. The van der Waals surface area contributed by atoms with Crippen LogP contribution in [0.2, 0.25) is 0 Å². The lowest BCUT2D eigenvalue weighted by Gasteiger charge is -2.43. The van der Waals surface area contributed by atoms with Gasteiger partial charge in [-0.2, -0.15) is 0 Å². The van der Waals surface area contributed by atoms with E-state index in [-0.39, 0.29) is 12.0 Å². The van der Waals surface area contributed by atoms with Crippen LogP contribution in [0.25, 0.3) is 0 Å². The second-order valence-corrected chi connectivity index (χ2v) is 8.27. The summed E-state index contributed by atoms with van der Waals surface area (Å²) in [5.74, 6) is -0.173. The second-order valence-electron chi connectivity index (χ2n) is 7.30. The average molecular weight is 381 g/mol. The summed E-state index contributed by atoms with van der Waals surface area (Å²) in [5, 5.41) is 2.16. The number of aryl methyl sites for hydroxylation is 1. The Hall–Kier alpha value is -2.01. The maximum Gasteiger partial charge on any atom is 0.123 e. The van der Waals surface area contributed by atoms with Crippen molar-refractivity contribution in [2.75, 3.05) is 13.1 Å². The van der Waals surface area contributed by atoms with Crippen LogP contribution in [0, 0.1) is 12.7 Å². The molecule has 1 aliphatic rings. The van der Waals surface area contributed by atoms with Gasteiger partial charge in [0.05, 0.1) is 6.17 Å². The fourth-order valence-corrected chi connectivity index (χ4v) is 4.73. The van der Waals surface area contributed by atoms with Crippen LogP contribution in [-0.4, -0.2) is 22.9 Å². The zero-order valence-corrected chi connectivity index (χ0v) is 16.5. The molecule has 4 rings (SSSR count). The lowest BCUT2D eigenvalue weighted by Crippen LogP contribution is -2.46. The highest BCUT2D eigenvalue weighted by Crippen LogP contribution is 2.34. The van der Waals surface area contributed by atoms with Gasteiger partial charge in [0.1, 0.15) is 5.82 Å². The van der Waals surface area contributed by atoms with Gasteiger partial charge in [-0.3, -0.25) is 9.80 Å². The largest absolute Gasteiger partial charge is 0.279 e. The number of rotatable bonds is 5. The standard InChI is InChI=1S/C23H25FN2S/c1-18-5-7-19(8-6-18)16-25-13-3-14-26(23(25)22-4-2-15-27-22)17-20-9-11-21(24)12-10-20/h2,4-12,15,23H,3,13-14,16-17H2,1H3/t23-/m0/s1. The van der Waals surface area contributed by atoms with Crippen LogP contribution in [0.5, 0.6) is 0 Å². The maximum atomic E-state index is 13.3. The number of hydrogen-bond acceptors (Lipinski definition) is 3. The fourth-order valence-electron chi connectivity index (χ4n) is 3.83. The predicted octanol–water partition coefficient (Wildman–Crippen LogP) is 5.60. The van der Waals surface area contributed by atoms with Crippen molar-refractivity contribution in [3.8, 4) is 0 Å². The van der Waals surface area contributed by atoms with E-state index in [0.717, 1.165) is 38.2 Å². The molecule has 140 valence electrons. The molecule has 0 amide bonds. The van der Waals surface area contributed by atoms with Crippen LogP contribution in [-0.2, 0) is 13.1 Å². The lowest BCUT2D eigenvalue weighted by atomic mass is 10.1. The molecular formula is C23H25FN2S. The van der Waals surface area contributed by atoms with E-state index < -0.39 is 0 Å². The highest BCUT2D eigenvalue weighted by atomic mass is 32.1. The van der Waals surface area contributed by atoms with Crippen LogP contribution in [0.3, 0.4) is 0 Å². The van der Waals surface area contributed by atoms with Gasteiger partial charge in [-0.05, 0) is 48.1 Å². The Morgan fingerprint density at radius 1 is 0.889 bits per heavy atom. The molecule has 0 aliphatic carbocycles. The predicted molar refractivity (Wildman–Crippen MR) is 110 cm³/mol. The van der Waals surface area contributed by atoms with Gasteiger partial charge in [0.15, 0.2) is 0 Å². The first kappa shape index (κ1) is 18.4. The highest BCUT2D eigenvalue weighted by molar-refractivity contribution is 7.10. The number of thiophene rings is 1. The van der Waals surface area contributed by atoms with Gasteiger partial charge in [0.2, 0.25) is 0 Å². The van der Waals surface area contributed by atoms with Crippen molar-refractivity contribution in [1.29, 1.82) is 0 Å². The Labute approximate surface area is 164 Å². The van der Waals surface area contributed by atoms with Crippen LogP contribution >= 0.6 is 11.3 Å². The minimum absolute atomic E-state index is 0.173. The van der Waals surface area contributed by atoms with Gasteiger partial charge in [-0.15, -0.1) is 11.3 Å². The van der Waals surface area contributed by atoms with E-state index in [4.69, 9.17) is 0 Å². The molecule has 0 spiro atoms. The third kappa shape index (κ3) is 4.46. The Kier molecular flexibility index (Phi) is 5.67. The van der Waals surface area contributed by atoms with E-state index >= 15 is 0 Å². The summed E-state index contributed by atoms with van der Waals surface area (Å²) in [6.07, 6.45) is 1.42. The molecule has 27 heavy (non-hydrogen) atoms. The summed E-state index contributed by atoms with van der Waals surface area (Å²) < 4.78 is 13.3. The molecule has 3 aromatic rings. The molecule has 4 heteroatoms. The number of hydrogen-bond donors (Lipinski definition) is 0. The Balaban J connectivity index is 1.58. The first-order valence-electron chi connectivity index (χ1n) is 9.50. The summed E-state index contributed by atoms with van der Waals surface area (Å²) in [7, 11) is 0. The van der Waals surface area contributed by atoms with Crippen molar-refractivity contribution in [3.63, 3.8) is 0 Å². The minimum Gasteiger partial charge on any atom is -0.279 e. The molecule has 2 heterocycles. The van der Waals surface area contributed by atoms with E-state index in [1.807, 2.05) is 23.5 Å². The SMILES string of the molecule is Cc1ccc(CN2CCCN(Cc3ccc(F)cc3)[C@H]2c2cccs2)cc1. The molecule has 1 saturated heterocycles. The summed E-state index contributed by atoms with van der Waals surface area (Å²) in [6, 6.07) is 20.1. The monoisotopic (exact) mass is 380 g/mol. The van der Waals surface area contributed by atoms with Gasteiger partial charge in [-0.25, -0.2) is 4.39 Å². The Morgan fingerprint density at radius 3 is 2.04 bits per heavy atom. The van der Waals surface area contributed by atoms with Crippen molar-refractivity contribution in [3.05, 3.63) is 93.4 Å². The summed E-state index contributed by atoms with van der Waals surface area (Å²) in [5.41, 5.74) is 3.81. The third-order valence-electron chi connectivity index (χ3n) is 5.19. The van der Waals surface area contributed by atoms with Crippen LogP contribution in [0.4, 0.5) is 4.39 Å². The van der Waals surface area contributed by atoms with Crippen LogP contribution < -0.4 is 0 Å². The molecule has 0 unspecified atom stereocenters. The summed E-state index contributed by atoms with van der Waals surface area (Å²) in [6.45, 7) is 6.07. The zero-order chi connectivity index (χ0) is 18.6. The van der Waals surface area contributed by atoms with Gasteiger partial charge >= 0.3 is 0 Å². The fraction of sp³-hybridized carbons (Fsp3) is 0.304. The molecule has 0 radical (unpaired) electrons. The second kappa shape index (κ2) is 8.34. The molecular weight excluding hydrogens is 355 g/mol. The van der Waals surface area contributed by atoms with Crippen molar-refractivity contribution in [2.24, 2.45) is 0 Å². The van der Waals surface area contributed by atoms with Gasteiger partial charge in [0.25, 0.3) is 0 Å². The molecule has 1 aromatic heterocycles. The maximum absolute atomic E-state index is 13.3. The van der Waals surface area contributed by atoms with E-state index in [0.29, 0.717) is 0 Å². The number of halogens is 1. The summed E-state index contributed by atoms with van der Waals surface area (Å²) in [4.78, 5) is 6.48. The average Bonchev–Trinajstić information content (AvgIpc) is 3.20. The van der Waals surface area contributed by atoms with Gasteiger partial charge in [-0.1, -0.05) is 48.0 Å². The number of benzene rings is 2. The van der Waals surface area contributed by atoms with Crippen LogP contribution in [0.15, 0.2) is 66.0 Å². The highest BCUT2D eigenvalue weighted by Gasteiger charge is 2.31. The number of nitrogens with zero attached hydrogens (tertiary/aromatic N) is 2. The van der Waals surface area contributed by atoms with Crippen molar-refractivity contribution < 1.29 is 4.39 Å². The molecule has 1 atom stereocenters. The first-order chi connectivity index (χ1) is 13.2. The first-order valence-corrected chi connectivity index (χ1v) is 10.4. The normalized spacial score (nSPS) is 18.7. The van der Waals surface area contributed by atoms with Gasteiger partial charge < -0.3 is 0 Å². The molecule has 0 bridgehead atoms. The smallest absolute Gasteiger partial charge is 0.123 e. The van der Waals surface area contributed by atoms with E-state index in [2.05, 4.69) is 58.5 Å². The van der Waals surface area contributed by atoms with Crippen molar-refractivity contribution in [1.82, 2.24) is 9.80 Å². The molecule has 1 fully saturated rings. The summed E-state index contributed by atoms with van der Waals surface area (Å²) >= 11 is 1.82. The van der Waals surface area contributed by atoms with E-state index in [1.54, 1.807) is 12.1 Å². The van der Waals surface area contributed by atoms with E-state index in [1.165, 1.54) is 16.0 Å². The molecule has 0 N–H and O–H groups in total.